The summed E-state index contributed by atoms with van der Waals surface area (Å²) in [6.45, 7) is 2.65. The Kier molecular flexibility index (Phi) is 9.10. The smallest absolute Gasteiger partial charge is 0.150 e. The molecule has 0 aromatic heterocycles. The third-order valence-electron chi connectivity index (χ3n) is 2.47. The Balaban J connectivity index is 3.41. The first-order chi connectivity index (χ1) is 7.12. The molecule has 0 heterocycles. The number of hydrogen-bond donors (Lipinski definition) is 1. The van der Waals surface area contributed by atoms with Crippen LogP contribution in [0.1, 0.15) is 51.9 Å². The summed E-state index contributed by atoms with van der Waals surface area (Å²) in [4.78, 5) is 0. The molecule has 0 fully saturated rings. The van der Waals surface area contributed by atoms with E-state index in [1.807, 2.05) is 0 Å². The molecule has 0 rings (SSSR count). The average molecular weight is 235 g/mol. The molecule has 0 aliphatic carbocycles. The Morgan fingerprint density at radius 2 is 1.40 bits per heavy atom. The lowest BCUT2D eigenvalue weighted by Crippen LogP contribution is -2.14. The van der Waals surface area contributed by atoms with Gasteiger partial charge in [0.1, 0.15) is 9.84 Å². The van der Waals surface area contributed by atoms with Gasteiger partial charge in [-0.2, -0.15) is 0 Å². The highest BCUT2D eigenvalue weighted by Crippen LogP contribution is 2.07. The van der Waals surface area contributed by atoms with E-state index in [0.717, 1.165) is 12.8 Å². The van der Waals surface area contributed by atoms with Crippen LogP contribution in [0.3, 0.4) is 0 Å². The summed E-state index contributed by atoms with van der Waals surface area (Å²) >= 11 is 0. The fourth-order valence-electron chi connectivity index (χ4n) is 1.51. The molecular formula is C11H25NO2S. The topological polar surface area (TPSA) is 60.2 Å². The van der Waals surface area contributed by atoms with Crippen LogP contribution < -0.4 is 5.73 Å². The fraction of sp³-hybridized carbons (Fsp3) is 1.00. The van der Waals surface area contributed by atoms with Gasteiger partial charge in [-0.15, -0.1) is 0 Å². The van der Waals surface area contributed by atoms with Gasteiger partial charge in [0.2, 0.25) is 0 Å². The van der Waals surface area contributed by atoms with E-state index in [-0.39, 0.29) is 5.75 Å². The van der Waals surface area contributed by atoms with Crippen LogP contribution in [0.15, 0.2) is 0 Å². The lowest BCUT2D eigenvalue weighted by Gasteiger charge is -2.03. The molecular weight excluding hydrogens is 210 g/mol. The van der Waals surface area contributed by atoms with Crippen molar-refractivity contribution in [2.45, 2.75) is 51.9 Å². The molecule has 0 aliphatic heterocycles. The zero-order valence-corrected chi connectivity index (χ0v) is 10.7. The Labute approximate surface area is 94.4 Å². The highest BCUT2D eigenvalue weighted by atomic mass is 32.2. The van der Waals surface area contributed by atoms with E-state index >= 15 is 0 Å². The summed E-state index contributed by atoms with van der Waals surface area (Å²) in [5, 5.41) is 0. The van der Waals surface area contributed by atoms with Crippen LogP contribution in [0.5, 0.6) is 0 Å². The molecule has 0 aromatic carbocycles. The third-order valence-corrected chi connectivity index (χ3v) is 4.29. The van der Waals surface area contributed by atoms with E-state index in [1.54, 1.807) is 0 Å². The minimum absolute atomic E-state index is 0.262. The van der Waals surface area contributed by atoms with Crippen molar-refractivity contribution in [2.75, 3.05) is 18.1 Å². The van der Waals surface area contributed by atoms with E-state index in [2.05, 4.69) is 6.92 Å². The summed E-state index contributed by atoms with van der Waals surface area (Å²) in [6.07, 6.45) is 7.35. The molecule has 0 atom stereocenters. The molecule has 0 amide bonds. The maximum Gasteiger partial charge on any atom is 0.150 e. The molecule has 0 radical (unpaired) electrons. The van der Waals surface area contributed by atoms with Gasteiger partial charge in [-0.05, 0) is 19.4 Å². The largest absolute Gasteiger partial charge is 0.330 e. The Morgan fingerprint density at radius 1 is 0.867 bits per heavy atom. The van der Waals surface area contributed by atoms with Crippen molar-refractivity contribution >= 4 is 9.84 Å². The van der Waals surface area contributed by atoms with Gasteiger partial charge < -0.3 is 5.73 Å². The van der Waals surface area contributed by atoms with Gasteiger partial charge in [0.15, 0.2) is 0 Å². The van der Waals surface area contributed by atoms with Crippen LogP contribution in [0.2, 0.25) is 0 Å². The molecule has 0 spiro atoms. The van der Waals surface area contributed by atoms with Crippen molar-refractivity contribution in [3.8, 4) is 0 Å². The molecule has 0 saturated carbocycles. The van der Waals surface area contributed by atoms with E-state index < -0.39 is 9.84 Å². The first-order valence-electron chi connectivity index (χ1n) is 6.03. The summed E-state index contributed by atoms with van der Waals surface area (Å²) in [6, 6.07) is 0. The zero-order valence-electron chi connectivity index (χ0n) is 9.87. The van der Waals surface area contributed by atoms with Crippen LogP contribution in [0.25, 0.3) is 0 Å². The second-order valence-corrected chi connectivity index (χ2v) is 6.37. The predicted octanol–water partition coefficient (Wildman–Crippen LogP) is 2.11. The fourth-order valence-corrected chi connectivity index (χ4v) is 2.96. The molecule has 15 heavy (non-hydrogen) atoms. The summed E-state index contributed by atoms with van der Waals surface area (Å²) < 4.78 is 22.8. The molecule has 0 aromatic rings. The summed E-state index contributed by atoms with van der Waals surface area (Å²) in [5.74, 6) is 0.609. The van der Waals surface area contributed by atoms with Gasteiger partial charge in [-0.3, -0.25) is 0 Å². The molecule has 3 nitrogen and oxygen atoms in total. The predicted molar refractivity (Wildman–Crippen MR) is 65.7 cm³/mol. The van der Waals surface area contributed by atoms with E-state index in [9.17, 15) is 8.42 Å². The zero-order chi connectivity index (χ0) is 11.6. The SMILES string of the molecule is CCCCCCCCS(=O)(=O)CCCN. The minimum Gasteiger partial charge on any atom is -0.330 e. The maximum atomic E-state index is 11.4. The highest BCUT2D eigenvalue weighted by molar-refractivity contribution is 7.91. The summed E-state index contributed by atoms with van der Waals surface area (Å²) in [7, 11) is -2.82. The minimum atomic E-state index is -2.82. The lowest BCUT2D eigenvalue weighted by atomic mass is 10.1. The molecule has 0 saturated heterocycles. The van der Waals surface area contributed by atoms with Crippen molar-refractivity contribution in [3.63, 3.8) is 0 Å². The number of sulfone groups is 1. The van der Waals surface area contributed by atoms with Crippen molar-refractivity contribution in [1.82, 2.24) is 0 Å². The quantitative estimate of drug-likeness (QED) is 0.590. The van der Waals surface area contributed by atoms with Crippen LogP contribution in [0, 0.1) is 0 Å². The van der Waals surface area contributed by atoms with Gasteiger partial charge in [0, 0.05) is 0 Å². The van der Waals surface area contributed by atoms with Gasteiger partial charge in [0.05, 0.1) is 11.5 Å². The average Bonchev–Trinajstić information content (AvgIpc) is 2.20. The third kappa shape index (κ3) is 10.2. The van der Waals surface area contributed by atoms with Gasteiger partial charge >= 0.3 is 0 Å². The van der Waals surface area contributed by atoms with Gasteiger partial charge in [-0.25, -0.2) is 8.42 Å². The van der Waals surface area contributed by atoms with Crippen molar-refractivity contribution in [3.05, 3.63) is 0 Å². The van der Waals surface area contributed by atoms with Crippen molar-refractivity contribution < 1.29 is 8.42 Å². The highest BCUT2D eigenvalue weighted by Gasteiger charge is 2.08. The standard InChI is InChI=1S/C11H25NO2S/c1-2-3-4-5-6-7-10-15(13,14)11-8-9-12/h2-12H2,1H3. The van der Waals surface area contributed by atoms with E-state index in [0.29, 0.717) is 18.7 Å². The first kappa shape index (κ1) is 14.9. The Hall–Kier alpha value is -0.0900. The monoisotopic (exact) mass is 235 g/mol. The van der Waals surface area contributed by atoms with Crippen molar-refractivity contribution in [1.29, 1.82) is 0 Å². The molecule has 0 unspecified atom stereocenters. The van der Waals surface area contributed by atoms with Crippen LogP contribution in [0.4, 0.5) is 0 Å². The van der Waals surface area contributed by atoms with Crippen molar-refractivity contribution in [2.24, 2.45) is 5.73 Å². The normalized spacial score (nSPS) is 11.9. The number of hydrogen-bond acceptors (Lipinski definition) is 3. The maximum absolute atomic E-state index is 11.4. The molecule has 2 N–H and O–H groups in total. The first-order valence-corrected chi connectivity index (χ1v) is 7.85. The number of rotatable bonds is 10. The lowest BCUT2D eigenvalue weighted by molar-refractivity contribution is 0.581. The second-order valence-electron chi connectivity index (χ2n) is 4.06. The molecule has 4 heteroatoms. The second kappa shape index (κ2) is 9.16. The van der Waals surface area contributed by atoms with E-state index in [4.69, 9.17) is 5.73 Å². The molecule has 0 aliphatic rings. The molecule has 0 bridgehead atoms. The van der Waals surface area contributed by atoms with Crippen LogP contribution in [-0.4, -0.2) is 26.5 Å². The van der Waals surface area contributed by atoms with Crippen LogP contribution in [-0.2, 0) is 9.84 Å². The Bertz CT molecular complexity index is 225. The summed E-state index contributed by atoms with van der Waals surface area (Å²) in [5.41, 5.74) is 5.28. The molecule has 92 valence electrons. The van der Waals surface area contributed by atoms with Gasteiger partial charge in [-0.1, -0.05) is 39.0 Å². The van der Waals surface area contributed by atoms with Gasteiger partial charge in [0.25, 0.3) is 0 Å². The Morgan fingerprint density at radius 3 is 2.00 bits per heavy atom. The number of unbranched alkanes of at least 4 members (excludes halogenated alkanes) is 5. The van der Waals surface area contributed by atoms with E-state index in [1.165, 1.54) is 25.7 Å². The number of nitrogens with two attached hydrogens (primary N) is 1. The van der Waals surface area contributed by atoms with Crippen LogP contribution >= 0.6 is 0 Å².